The number of sulfonamides is 1. The minimum Gasteiger partial charge on any atom is -0.490 e. The van der Waals surface area contributed by atoms with Gasteiger partial charge in [-0.15, -0.1) is 0 Å². The van der Waals surface area contributed by atoms with Gasteiger partial charge in [-0.25, -0.2) is 12.7 Å². The van der Waals surface area contributed by atoms with E-state index in [0.717, 1.165) is 31.1 Å². The van der Waals surface area contributed by atoms with Gasteiger partial charge in [0.2, 0.25) is 15.9 Å². The van der Waals surface area contributed by atoms with E-state index in [2.05, 4.69) is 5.32 Å². The van der Waals surface area contributed by atoms with Crippen LogP contribution in [0, 0.1) is 5.92 Å². The number of benzene rings is 2. The predicted molar refractivity (Wildman–Crippen MR) is 163 cm³/mol. The van der Waals surface area contributed by atoms with Gasteiger partial charge >= 0.3 is 0 Å². The number of aliphatic hydroxyl groups is 1. The van der Waals surface area contributed by atoms with E-state index >= 15 is 0 Å². The van der Waals surface area contributed by atoms with Crippen LogP contribution in [-0.2, 0) is 26.0 Å². The number of amides is 2. The first kappa shape index (κ1) is 33.5. The molecule has 0 bridgehead atoms. The maximum Gasteiger partial charge on any atom is 0.258 e. The fourth-order valence-corrected chi connectivity index (χ4v) is 5.26. The van der Waals surface area contributed by atoms with Crippen LogP contribution in [0.1, 0.15) is 56.0 Å². The van der Waals surface area contributed by atoms with E-state index in [1.165, 1.54) is 11.4 Å². The van der Waals surface area contributed by atoms with E-state index < -0.39 is 22.2 Å². The Morgan fingerprint density at radius 1 is 1.17 bits per heavy atom. The van der Waals surface area contributed by atoms with Crippen molar-refractivity contribution >= 4 is 27.5 Å². The topological polar surface area (TPSA) is 125 Å². The second-order valence-corrected chi connectivity index (χ2v) is 13.4. The molecule has 4 atom stereocenters. The van der Waals surface area contributed by atoms with Crippen LogP contribution >= 0.6 is 0 Å². The van der Waals surface area contributed by atoms with Gasteiger partial charge in [-0.05, 0) is 56.9 Å². The first-order chi connectivity index (χ1) is 19.9. The van der Waals surface area contributed by atoms with Crippen molar-refractivity contribution in [3.05, 3.63) is 59.7 Å². The maximum atomic E-state index is 14.2. The summed E-state index contributed by atoms with van der Waals surface area (Å²) < 4.78 is 38.0. The highest BCUT2D eigenvalue weighted by Gasteiger charge is 2.31. The van der Waals surface area contributed by atoms with E-state index in [9.17, 15) is 23.1 Å². The van der Waals surface area contributed by atoms with Crippen LogP contribution in [0.4, 0.5) is 5.69 Å². The number of hydrogen-bond acceptors (Lipinski definition) is 7. The van der Waals surface area contributed by atoms with Gasteiger partial charge < -0.3 is 24.8 Å². The van der Waals surface area contributed by atoms with Gasteiger partial charge in [-0.2, -0.15) is 0 Å². The summed E-state index contributed by atoms with van der Waals surface area (Å²) in [7, 11) is -1.92. The van der Waals surface area contributed by atoms with Gasteiger partial charge in [-0.1, -0.05) is 37.3 Å². The fraction of sp³-hybridized carbons (Fsp3) is 0.548. The maximum absolute atomic E-state index is 14.2. The lowest BCUT2D eigenvalue weighted by Gasteiger charge is -2.35. The normalized spacial score (nSPS) is 21.6. The van der Waals surface area contributed by atoms with Gasteiger partial charge in [0.1, 0.15) is 5.75 Å². The second kappa shape index (κ2) is 15.5. The summed E-state index contributed by atoms with van der Waals surface area (Å²) in [6.07, 6.45) is 3.02. The molecule has 0 saturated heterocycles. The van der Waals surface area contributed by atoms with E-state index in [0.29, 0.717) is 18.0 Å². The monoisotopic (exact) mass is 603 g/mol. The van der Waals surface area contributed by atoms with E-state index in [1.807, 2.05) is 44.2 Å². The van der Waals surface area contributed by atoms with Crippen molar-refractivity contribution in [2.75, 3.05) is 44.9 Å². The molecule has 11 heteroatoms. The van der Waals surface area contributed by atoms with Crippen LogP contribution in [0.2, 0.25) is 0 Å². The van der Waals surface area contributed by atoms with Crippen molar-refractivity contribution in [2.24, 2.45) is 5.92 Å². The van der Waals surface area contributed by atoms with Crippen LogP contribution in [0.15, 0.2) is 48.5 Å². The number of carbonyl (C=O) groups is 2. The molecule has 1 aliphatic heterocycles. The Kier molecular flexibility index (Phi) is 12.3. The van der Waals surface area contributed by atoms with Crippen molar-refractivity contribution in [2.45, 2.75) is 64.7 Å². The lowest BCUT2D eigenvalue weighted by atomic mass is 10.0. The van der Waals surface area contributed by atoms with Crippen LogP contribution < -0.4 is 10.1 Å². The number of nitrogens with one attached hydrogen (secondary N) is 1. The Hall–Kier alpha value is -2.99. The molecule has 0 saturated carbocycles. The first-order valence-electron chi connectivity index (χ1n) is 14.5. The molecule has 0 spiro atoms. The molecule has 2 N–H and O–H groups in total. The zero-order valence-corrected chi connectivity index (χ0v) is 26.1. The average molecular weight is 604 g/mol. The number of hydrogen-bond donors (Lipinski definition) is 2. The zero-order chi connectivity index (χ0) is 30.9. The van der Waals surface area contributed by atoms with Crippen LogP contribution in [0.25, 0.3) is 0 Å². The number of aliphatic hydroxyl groups excluding tert-OH is 1. The molecule has 0 fully saturated rings. The molecule has 2 aromatic carbocycles. The summed E-state index contributed by atoms with van der Waals surface area (Å²) >= 11 is 0. The SMILES string of the molecule is C[C@@H]1CCCCO[C@@H](CN(C)S(C)(=O)=O)[C@H](C)CN([C@H](C)CO)C(=O)c2cc(NC(=O)Cc3ccccc3)ccc2O1. The second-order valence-electron chi connectivity index (χ2n) is 11.3. The van der Waals surface area contributed by atoms with Crippen molar-refractivity contribution < 1.29 is 32.6 Å². The van der Waals surface area contributed by atoms with Crippen LogP contribution in [0.3, 0.4) is 0 Å². The number of anilines is 1. The lowest BCUT2D eigenvalue weighted by Crippen LogP contribution is -2.47. The number of rotatable bonds is 8. The van der Waals surface area contributed by atoms with Gasteiger partial charge in [0, 0.05) is 38.3 Å². The van der Waals surface area contributed by atoms with E-state index in [1.54, 1.807) is 30.0 Å². The highest BCUT2D eigenvalue weighted by molar-refractivity contribution is 7.88. The average Bonchev–Trinajstić information content (AvgIpc) is 2.94. The number of likely N-dealkylation sites (N-methyl/N-ethyl adjacent to an activating group) is 1. The van der Waals surface area contributed by atoms with Crippen molar-refractivity contribution in [3.63, 3.8) is 0 Å². The summed E-state index contributed by atoms with van der Waals surface area (Å²) in [6, 6.07) is 13.9. The molecule has 1 aliphatic rings. The molecule has 0 radical (unpaired) electrons. The lowest BCUT2D eigenvalue weighted by molar-refractivity contribution is -0.115. The third-order valence-electron chi connectivity index (χ3n) is 7.55. The minimum atomic E-state index is -3.43. The highest BCUT2D eigenvalue weighted by Crippen LogP contribution is 2.28. The molecule has 0 unspecified atom stereocenters. The van der Waals surface area contributed by atoms with E-state index in [-0.39, 0.29) is 55.5 Å². The third-order valence-corrected chi connectivity index (χ3v) is 8.83. The van der Waals surface area contributed by atoms with Crippen LogP contribution in [-0.4, -0.2) is 92.4 Å². The van der Waals surface area contributed by atoms with E-state index in [4.69, 9.17) is 9.47 Å². The summed E-state index contributed by atoms with van der Waals surface area (Å²) in [5, 5.41) is 13.0. The number of nitrogens with zero attached hydrogens (tertiary/aromatic N) is 2. The number of carbonyl (C=O) groups excluding carboxylic acids is 2. The minimum absolute atomic E-state index is 0.142. The molecule has 42 heavy (non-hydrogen) atoms. The van der Waals surface area contributed by atoms with Crippen molar-refractivity contribution in [3.8, 4) is 5.75 Å². The van der Waals surface area contributed by atoms with Crippen molar-refractivity contribution in [1.82, 2.24) is 9.21 Å². The smallest absolute Gasteiger partial charge is 0.258 e. The summed E-state index contributed by atoms with van der Waals surface area (Å²) in [6.45, 7) is 6.14. The molecule has 232 valence electrons. The standard InChI is InChI=1S/C31H45N3O7S/c1-22-19-34(23(2)21-35)31(37)27-18-26(32-30(36)17-25-12-7-6-8-13-25)14-15-28(27)41-24(3)11-9-10-16-40-29(22)20-33(4)42(5,38)39/h6-8,12-15,18,22-24,29,35H,9-11,16-17,19-21H2,1-5H3,(H,32,36)/t22-,23-,24-,29+/m1/s1. The quantitative estimate of drug-likeness (QED) is 0.473. The van der Waals surface area contributed by atoms with Crippen LogP contribution in [0.5, 0.6) is 5.75 Å². The molecule has 2 aromatic rings. The predicted octanol–water partition coefficient (Wildman–Crippen LogP) is 3.55. The summed E-state index contributed by atoms with van der Waals surface area (Å²) in [5.41, 5.74) is 1.60. The third kappa shape index (κ3) is 9.79. The molecule has 2 amide bonds. The number of ether oxygens (including phenoxy) is 2. The molecular formula is C31H45N3O7S. The largest absolute Gasteiger partial charge is 0.490 e. The summed E-state index contributed by atoms with van der Waals surface area (Å²) in [4.78, 5) is 28.5. The Labute approximate surface area is 250 Å². The number of fused-ring (bicyclic) bond motifs is 1. The Balaban J connectivity index is 1.95. The van der Waals surface area contributed by atoms with Gasteiger partial charge in [0.25, 0.3) is 5.91 Å². The Morgan fingerprint density at radius 2 is 1.88 bits per heavy atom. The Morgan fingerprint density at radius 3 is 2.55 bits per heavy atom. The molecular weight excluding hydrogens is 558 g/mol. The van der Waals surface area contributed by atoms with Gasteiger partial charge in [0.15, 0.2) is 0 Å². The molecule has 0 aliphatic carbocycles. The van der Waals surface area contributed by atoms with Gasteiger partial charge in [0.05, 0.1) is 43.1 Å². The first-order valence-corrected chi connectivity index (χ1v) is 16.3. The van der Waals surface area contributed by atoms with Gasteiger partial charge in [-0.3, -0.25) is 9.59 Å². The molecule has 0 aromatic heterocycles. The molecule has 1 heterocycles. The highest BCUT2D eigenvalue weighted by atomic mass is 32.2. The Bertz CT molecular complexity index is 1290. The fourth-order valence-electron chi connectivity index (χ4n) is 4.84. The zero-order valence-electron chi connectivity index (χ0n) is 25.3. The summed E-state index contributed by atoms with van der Waals surface area (Å²) in [5.74, 6) is -0.435. The molecule has 10 nitrogen and oxygen atoms in total. The molecule has 3 rings (SSSR count). The van der Waals surface area contributed by atoms with Crippen molar-refractivity contribution in [1.29, 1.82) is 0 Å².